The van der Waals surface area contributed by atoms with Gasteiger partial charge in [0.05, 0.1) is 9.73 Å². The lowest BCUT2D eigenvalue weighted by Crippen LogP contribution is -2.47. The Morgan fingerprint density at radius 3 is 2.23 bits per heavy atom. The predicted molar refractivity (Wildman–Crippen MR) is 84.6 cm³/mol. The maximum absolute atomic E-state index is 13.6. The van der Waals surface area contributed by atoms with E-state index in [2.05, 4.69) is 3.77 Å². The molecule has 1 heterocycles. The number of hydrogen-bond acceptors (Lipinski definition) is 4. The van der Waals surface area contributed by atoms with E-state index in [1.165, 1.54) is 22.9 Å². The molecule has 0 aliphatic carbocycles. The standard InChI is InChI=1S/C13H20FN3O3S2/c1-21(2,18)15-22(19,20)17-9-7-16(8-10-17)11-12-5-3-4-6-13(12)14/h3-6H,7-11H2,1-2H3. The number of halogens is 1. The number of piperazine rings is 1. The molecule has 1 fully saturated rings. The number of hydrogen-bond donors (Lipinski definition) is 0. The zero-order valence-corrected chi connectivity index (χ0v) is 14.2. The molecule has 0 unspecified atom stereocenters. The van der Waals surface area contributed by atoms with Crippen LogP contribution in [0.3, 0.4) is 0 Å². The van der Waals surface area contributed by atoms with Crippen LogP contribution >= 0.6 is 0 Å². The second-order valence-corrected chi connectivity index (χ2v) is 9.87. The van der Waals surface area contributed by atoms with Crippen LogP contribution in [0, 0.1) is 5.82 Å². The van der Waals surface area contributed by atoms with Gasteiger partial charge in [-0.15, -0.1) is 0 Å². The van der Waals surface area contributed by atoms with Crippen molar-refractivity contribution in [3.05, 3.63) is 35.6 Å². The topological polar surface area (TPSA) is 70.0 Å². The summed E-state index contributed by atoms with van der Waals surface area (Å²) >= 11 is 0. The third-order valence-corrected chi connectivity index (χ3v) is 6.49. The minimum atomic E-state index is -3.86. The van der Waals surface area contributed by atoms with Gasteiger partial charge in [-0.25, -0.2) is 8.60 Å². The molecule has 9 heteroatoms. The molecule has 0 radical (unpaired) electrons. The van der Waals surface area contributed by atoms with Crippen molar-refractivity contribution in [3.8, 4) is 0 Å². The molecule has 124 valence electrons. The maximum atomic E-state index is 13.6. The van der Waals surface area contributed by atoms with Gasteiger partial charge in [-0.1, -0.05) is 22.0 Å². The highest BCUT2D eigenvalue weighted by atomic mass is 32.3. The average molecular weight is 349 g/mol. The van der Waals surface area contributed by atoms with Gasteiger partial charge in [-0.05, 0) is 6.07 Å². The summed E-state index contributed by atoms with van der Waals surface area (Å²) in [6.07, 6.45) is 2.58. The van der Waals surface area contributed by atoms with E-state index in [0.29, 0.717) is 25.2 Å². The fourth-order valence-corrected chi connectivity index (χ4v) is 5.08. The molecule has 1 saturated heterocycles. The molecular weight excluding hydrogens is 329 g/mol. The van der Waals surface area contributed by atoms with Crippen LogP contribution in [0.4, 0.5) is 4.39 Å². The SMILES string of the molecule is CS(C)(=O)=NS(=O)(=O)N1CCN(Cc2ccccc2F)CC1. The van der Waals surface area contributed by atoms with Crippen molar-refractivity contribution in [2.75, 3.05) is 38.7 Å². The van der Waals surface area contributed by atoms with Crippen LogP contribution in [-0.4, -0.2) is 60.5 Å². The van der Waals surface area contributed by atoms with E-state index in [9.17, 15) is 17.0 Å². The third kappa shape index (κ3) is 4.73. The first kappa shape index (κ1) is 17.3. The Balaban J connectivity index is 1.99. The van der Waals surface area contributed by atoms with E-state index < -0.39 is 19.9 Å². The molecule has 0 saturated carbocycles. The zero-order chi connectivity index (χ0) is 16.4. The van der Waals surface area contributed by atoms with Crippen LogP contribution in [0.5, 0.6) is 0 Å². The minimum Gasteiger partial charge on any atom is -0.296 e. The smallest absolute Gasteiger partial charge is 0.296 e. The van der Waals surface area contributed by atoms with Gasteiger partial charge in [0.25, 0.3) is 0 Å². The second kappa shape index (κ2) is 6.61. The van der Waals surface area contributed by atoms with Gasteiger partial charge in [0.2, 0.25) is 0 Å². The van der Waals surface area contributed by atoms with E-state index in [0.717, 1.165) is 0 Å². The lowest BCUT2D eigenvalue weighted by molar-refractivity contribution is 0.180. The van der Waals surface area contributed by atoms with E-state index in [-0.39, 0.29) is 18.9 Å². The lowest BCUT2D eigenvalue weighted by Gasteiger charge is -2.32. The molecule has 1 aliphatic rings. The normalized spacial score (nSPS) is 18.3. The zero-order valence-electron chi connectivity index (χ0n) is 12.6. The summed E-state index contributed by atoms with van der Waals surface area (Å²) in [6.45, 7) is 1.93. The second-order valence-electron chi connectivity index (χ2n) is 5.50. The monoisotopic (exact) mass is 349 g/mol. The third-order valence-electron chi connectivity index (χ3n) is 3.28. The van der Waals surface area contributed by atoms with Crippen LogP contribution in [0.2, 0.25) is 0 Å². The molecule has 1 aromatic rings. The van der Waals surface area contributed by atoms with Gasteiger partial charge in [-0.3, -0.25) is 4.90 Å². The highest BCUT2D eigenvalue weighted by molar-refractivity contribution is 8.01. The molecule has 0 bridgehead atoms. The molecule has 0 amide bonds. The lowest BCUT2D eigenvalue weighted by atomic mass is 10.2. The van der Waals surface area contributed by atoms with Gasteiger partial charge in [-0.2, -0.15) is 12.7 Å². The first-order valence-corrected chi connectivity index (χ1v) is 10.5. The fraction of sp³-hybridized carbons (Fsp3) is 0.538. The van der Waals surface area contributed by atoms with Gasteiger partial charge >= 0.3 is 10.2 Å². The van der Waals surface area contributed by atoms with Crippen LogP contribution in [0.1, 0.15) is 5.56 Å². The van der Waals surface area contributed by atoms with Gasteiger partial charge in [0, 0.05) is 50.8 Å². The summed E-state index contributed by atoms with van der Waals surface area (Å²) in [5, 5.41) is 0. The highest BCUT2D eigenvalue weighted by Crippen LogP contribution is 2.14. The molecule has 22 heavy (non-hydrogen) atoms. The van der Waals surface area contributed by atoms with Crippen molar-refractivity contribution < 1.29 is 17.0 Å². The summed E-state index contributed by atoms with van der Waals surface area (Å²) in [5.74, 6) is -0.260. The minimum absolute atomic E-state index is 0.260. The molecule has 1 aliphatic heterocycles. The van der Waals surface area contributed by atoms with Crippen molar-refractivity contribution in [2.24, 2.45) is 3.77 Å². The molecular formula is C13H20FN3O3S2. The van der Waals surface area contributed by atoms with E-state index in [1.54, 1.807) is 18.2 Å². The van der Waals surface area contributed by atoms with Gasteiger partial charge in [0.1, 0.15) is 5.82 Å². The Bertz CT molecular complexity index is 742. The van der Waals surface area contributed by atoms with Gasteiger partial charge in [0.15, 0.2) is 0 Å². The first-order chi connectivity index (χ1) is 10.2. The van der Waals surface area contributed by atoms with Crippen LogP contribution in [-0.2, 0) is 26.5 Å². The molecule has 0 atom stereocenters. The molecule has 6 nitrogen and oxygen atoms in total. The maximum Gasteiger partial charge on any atom is 0.330 e. The van der Waals surface area contributed by atoms with Crippen molar-refractivity contribution in [2.45, 2.75) is 6.54 Å². The Hall–Kier alpha value is -1.03. The van der Waals surface area contributed by atoms with Gasteiger partial charge < -0.3 is 0 Å². The summed E-state index contributed by atoms with van der Waals surface area (Å²) < 4.78 is 53.9. The molecule has 0 spiro atoms. The van der Waals surface area contributed by atoms with E-state index in [1.807, 2.05) is 4.90 Å². The molecule has 0 N–H and O–H groups in total. The van der Waals surface area contributed by atoms with E-state index in [4.69, 9.17) is 0 Å². The number of nitrogens with zero attached hydrogens (tertiary/aromatic N) is 3. The largest absolute Gasteiger partial charge is 0.330 e. The fourth-order valence-electron chi connectivity index (χ4n) is 2.26. The Morgan fingerprint density at radius 2 is 1.68 bits per heavy atom. The highest BCUT2D eigenvalue weighted by Gasteiger charge is 2.27. The van der Waals surface area contributed by atoms with Crippen LogP contribution in [0.25, 0.3) is 0 Å². The first-order valence-electron chi connectivity index (χ1n) is 6.82. The molecule has 0 aromatic heterocycles. The Kier molecular flexibility index (Phi) is 5.21. The molecule has 2 rings (SSSR count). The summed E-state index contributed by atoms with van der Waals surface area (Å²) in [4.78, 5) is 1.99. The predicted octanol–water partition coefficient (Wildman–Crippen LogP) is 0.916. The van der Waals surface area contributed by atoms with Crippen LogP contribution in [0.15, 0.2) is 28.0 Å². The Labute approximate surface area is 131 Å². The number of benzene rings is 1. The summed E-state index contributed by atoms with van der Waals surface area (Å²) in [7, 11) is -6.58. The van der Waals surface area contributed by atoms with E-state index >= 15 is 0 Å². The number of rotatable bonds is 4. The Morgan fingerprint density at radius 1 is 1.09 bits per heavy atom. The van der Waals surface area contributed by atoms with Crippen molar-refractivity contribution in [1.82, 2.24) is 9.21 Å². The van der Waals surface area contributed by atoms with Crippen molar-refractivity contribution >= 4 is 19.9 Å². The summed E-state index contributed by atoms with van der Waals surface area (Å²) in [6, 6.07) is 6.54. The molecule has 1 aromatic carbocycles. The van der Waals surface area contributed by atoms with Crippen LogP contribution < -0.4 is 0 Å². The van der Waals surface area contributed by atoms with Crippen molar-refractivity contribution in [1.29, 1.82) is 0 Å². The van der Waals surface area contributed by atoms with Crippen molar-refractivity contribution in [3.63, 3.8) is 0 Å². The average Bonchev–Trinajstić information content (AvgIpc) is 2.39. The summed E-state index contributed by atoms with van der Waals surface area (Å²) in [5.41, 5.74) is 0.591. The quantitative estimate of drug-likeness (QED) is 0.810.